The van der Waals surface area contributed by atoms with Crippen molar-refractivity contribution in [2.75, 3.05) is 0 Å². The van der Waals surface area contributed by atoms with Gasteiger partial charge in [-0.2, -0.15) is 4.57 Å². The van der Waals surface area contributed by atoms with Crippen LogP contribution in [0.3, 0.4) is 0 Å². The molecule has 0 radical (unpaired) electrons. The average molecular weight is 378 g/mol. The fourth-order valence-electron chi connectivity index (χ4n) is 4.83. The van der Waals surface area contributed by atoms with E-state index >= 15 is 4.39 Å². The molecular weight excluding hydrogens is 345 g/mol. The zero-order valence-electron chi connectivity index (χ0n) is 18.7. The summed E-state index contributed by atoms with van der Waals surface area (Å²) in [7, 11) is 1.95. The summed E-state index contributed by atoms with van der Waals surface area (Å²) >= 11 is 0. The van der Waals surface area contributed by atoms with Gasteiger partial charge in [-0.1, -0.05) is 37.5 Å². The fourth-order valence-corrected chi connectivity index (χ4v) is 4.83. The number of hydrogen-bond acceptors (Lipinski definition) is 0. The van der Waals surface area contributed by atoms with Gasteiger partial charge in [0.25, 0.3) is 0 Å². The summed E-state index contributed by atoms with van der Waals surface area (Å²) < 4.78 is 26.1. The molecule has 1 aromatic heterocycles. The Bertz CT molecular complexity index is 1080. The van der Waals surface area contributed by atoms with E-state index in [1.54, 1.807) is 0 Å². The van der Waals surface area contributed by atoms with Crippen LogP contribution < -0.4 is 4.57 Å². The second kappa shape index (κ2) is 7.31. The van der Waals surface area contributed by atoms with E-state index in [2.05, 4.69) is 18.2 Å². The standard InChI is InChI=1S/C26H31FN/c1-16-13-17(2)25(27)24(19(16)4)26-23-12-11-21(20-9-7-6-8-10-20)15-22(23)14-18(3)28(26)5/h11-15,20H,6-10H2,1-5H3/q+1/i14D. The first-order valence-electron chi connectivity index (χ1n) is 11.0. The first-order valence-corrected chi connectivity index (χ1v) is 10.5. The number of rotatable bonds is 2. The molecule has 28 heavy (non-hydrogen) atoms. The van der Waals surface area contributed by atoms with Gasteiger partial charge in [0.1, 0.15) is 12.9 Å². The SMILES string of the molecule is [2H]c1c(C)[n+](C)c(-c2c(C)c(C)cc(C)c2F)c2ccc(C3CCCCC3)cc12. The third-order valence-corrected chi connectivity index (χ3v) is 6.73. The van der Waals surface area contributed by atoms with Gasteiger partial charge in [-0.3, -0.25) is 0 Å². The second-order valence-corrected chi connectivity index (χ2v) is 8.58. The van der Waals surface area contributed by atoms with Crippen LogP contribution in [0.15, 0.2) is 30.3 Å². The molecule has 0 atom stereocenters. The Morgan fingerprint density at radius 3 is 2.43 bits per heavy atom. The van der Waals surface area contributed by atoms with Crippen LogP contribution in [-0.4, -0.2) is 0 Å². The number of benzene rings is 2. The molecule has 1 aliphatic carbocycles. The lowest BCUT2D eigenvalue weighted by Crippen LogP contribution is -2.35. The molecule has 1 saturated carbocycles. The largest absolute Gasteiger partial charge is 0.223 e. The van der Waals surface area contributed by atoms with Gasteiger partial charge >= 0.3 is 0 Å². The maximum atomic E-state index is 15.4. The minimum absolute atomic E-state index is 0.154. The van der Waals surface area contributed by atoms with E-state index in [9.17, 15) is 0 Å². The van der Waals surface area contributed by atoms with Crippen LogP contribution in [0.5, 0.6) is 0 Å². The zero-order valence-corrected chi connectivity index (χ0v) is 17.7. The first-order chi connectivity index (χ1) is 13.8. The van der Waals surface area contributed by atoms with Crippen molar-refractivity contribution in [2.24, 2.45) is 7.05 Å². The number of pyridine rings is 1. The molecular formula is C26H31FN+. The van der Waals surface area contributed by atoms with Crippen LogP contribution in [0.2, 0.25) is 0 Å². The summed E-state index contributed by atoms with van der Waals surface area (Å²) in [5.74, 6) is 0.434. The highest BCUT2D eigenvalue weighted by Gasteiger charge is 2.25. The molecule has 0 aliphatic heterocycles. The molecule has 4 rings (SSSR count). The molecule has 1 heterocycles. The molecule has 3 aromatic rings. The molecule has 0 N–H and O–H groups in total. The van der Waals surface area contributed by atoms with Crippen molar-refractivity contribution in [3.8, 4) is 11.3 Å². The van der Waals surface area contributed by atoms with Crippen LogP contribution in [-0.2, 0) is 7.05 Å². The maximum absolute atomic E-state index is 15.4. The Morgan fingerprint density at radius 1 is 1.00 bits per heavy atom. The Labute approximate surface area is 169 Å². The van der Waals surface area contributed by atoms with Gasteiger partial charge in [-0.15, -0.1) is 0 Å². The molecule has 0 spiro atoms. The Kier molecular flexibility index (Phi) is 4.66. The summed E-state index contributed by atoms with van der Waals surface area (Å²) in [5, 5.41) is 1.91. The smallest absolute Gasteiger partial charge is 0.206 e. The number of nitrogens with zero attached hydrogens (tertiary/aromatic N) is 1. The third-order valence-electron chi connectivity index (χ3n) is 6.73. The van der Waals surface area contributed by atoms with Gasteiger partial charge in [0.05, 0.1) is 12.3 Å². The summed E-state index contributed by atoms with van der Waals surface area (Å²) in [5.41, 5.74) is 6.49. The minimum Gasteiger partial charge on any atom is -0.206 e. The maximum Gasteiger partial charge on any atom is 0.223 e. The molecule has 0 amide bonds. The van der Waals surface area contributed by atoms with Crippen molar-refractivity contribution < 1.29 is 10.3 Å². The normalized spacial score (nSPS) is 15.9. The lowest BCUT2D eigenvalue weighted by atomic mass is 9.83. The van der Waals surface area contributed by atoms with Crippen molar-refractivity contribution in [1.82, 2.24) is 0 Å². The van der Waals surface area contributed by atoms with Gasteiger partial charge in [0, 0.05) is 13.0 Å². The van der Waals surface area contributed by atoms with Gasteiger partial charge in [0.15, 0.2) is 5.69 Å². The molecule has 2 aromatic carbocycles. The van der Waals surface area contributed by atoms with Gasteiger partial charge in [0.2, 0.25) is 5.69 Å². The topological polar surface area (TPSA) is 3.88 Å². The molecule has 1 aliphatic rings. The predicted molar refractivity (Wildman–Crippen MR) is 115 cm³/mol. The van der Waals surface area contributed by atoms with Crippen molar-refractivity contribution in [3.05, 3.63) is 64.1 Å². The quantitative estimate of drug-likeness (QED) is 0.435. The molecule has 0 saturated heterocycles. The molecule has 1 fully saturated rings. The summed E-state index contributed by atoms with van der Waals surface area (Å²) in [6.45, 7) is 7.84. The van der Waals surface area contributed by atoms with E-state index in [4.69, 9.17) is 1.37 Å². The summed E-state index contributed by atoms with van der Waals surface area (Å²) in [4.78, 5) is 0. The zero-order chi connectivity index (χ0) is 20.9. The fraction of sp³-hybridized carbons (Fsp3) is 0.423. The monoisotopic (exact) mass is 377 g/mol. The van der Waals surface area contributed by atoms with Gasteiger partial charge < -0.3 is 0 Å². The highest BCUT2D eigenvalue weighted by molar-refractivity contribution is 5.94. The third kappa shape index (κ3) is 3.13. The van der Waals surface area contributed by atoms with Crippen LogP contribution in [0.1, 0.15) is 67.3 Å². The van der Waals surface area contributed by atoms with Crippen molar-refractivity contribution in [3.63, 3.8) is 0 Å². The lowest BCUT2D eigenvalue weighted by molar-refractivity contribution is -0.665. The van der Waals surface area contributed by atoms with E-state index in [1.807, 2.05) is 45.4 Å². The summed E-state index contributed by atoms with van der Waals surface area (Å²) in [6, 6.07) is 9.02. The number of hydrogen-bond donors (Lipinski definition) is 0. The van der Waals surface area contributed by atoms with E-state index in [1.165, 1.54) is 37.7 Å². The van der Waals surface area contributed by atoms with Gasteiger partial charge in [-0.25, -0.2) is 4.39 Å². The number of aromatic nitrogens is 1. The molecule has 146 valence electrons. The average Bonchev–Trinajstić information content (AvgIpc) is 2.73. The van der Waals surface area contributed by atoms with Crippen molar-refractivity contribution >= 4 is 10.8 Å². The van der Waals surface area contributed by atoms with Crippen LogP contribution >= 0.6 is 0 Å². The first kappa shape index (κ1) is 17.8. The second-order valence-electron chi connectivity index (χ2n) is 8.58. The number of aryl methyl sites for hydroxylation is 2. The molecule has 2 heteroatoms. The van der Waals surface area contributed by atoms with E-state index < -0.39 is 0 Å². The van der Waals surface area contributed by atoms with Crippen LogP contribution in [0.25, 0.3) is 22.0 Å². The molecule has 1 nitrogen and oxygen atoms in total. The van der Waals surface area contributed by atoms with Crippen molar-refractivity contribution in [1.29, 1.82) is 0 Å². The Hall–Kier alpha value is -2.22. The highest BCUT2D eigenvalue weighted by atomic mass is 19.1. The van der Waals surface area contributed by atoms with Crippen molar-refractivity contribution in [2.45, 2.75) is 65.7 Å². The molecule has 0 bridgehead atoms. The highest BCUT2D eigenvalue weighted by Crippen LogP contribution is 2.37. The van der Waals surface area contributed by atoms with E-state index in [0.717, 1.165) is 33.3 Å². The Morgan fingerprint density at radius 2 is 1.71 bits per heavy atom. The van der Waals surface area contributed by atoms with Gasteiger partial charge in [-0.05, 0) is 73.2 Å². The van der Waals surface area contributed by atoms with Crippen LogP contribution in [0, 0.1) is 33.5 Å². The predicted octanol–water partition coefficient (Wildman–Crippen LogP) is 6.75. The van der Waals surface area contributed by atoms with Crippen LogP contribution in [0.4, 0.5) is 4.39 Å². The molecule has 0 unspecified atom stereocenters. The number of halogens is 1. The number of fused-ring (bicyclic) bond motifs is 1. The van der Waals surface area contributed by atoms with E-state index in [-0.39, 0.29) is 5.82 Å². The minimum atomic E-state index is -0.154. The summed E-state index contributed by atoms with van der Waals surface area (Å²) in [6.07, 6.45) is 6.37. The Balaban J connectivity index is 2.03. The van der Waals surface area contributed by atoms with E-state index in [0.29, 0.717) is 23.1 Å². The lowest BCUT2D eigenvalue weighted by Gasteiger charge is -2.22.